The van der Waals surface area contributed by atoms with Crippen LogP contribution in [0.5, 0.6) is 0 Å². The molecule has 0 bridgehead atoms. The number of hydrogen-bond donors (Lipinski definition) is 0. The first-order chi connectivity index (χ1) is 9.89. The second kappa shape index (κ2) is 6.24. The highest BCUT2D eigenvalue weighted by atomic mass is 32.2. The molecule has 0 saturated heterocycles. The lowest BCUT2D eigenvalue weighted by molar-refractivity contribution is -0.148. The Kier molecular flexibility index (Phi) is 4.59. The summed E-state index contributed by atoms with van der Waals surface area (Å²) in [7, 11) is -2.55. The van der Waals surface area contributed by atoms with Gasteiger partial charge < -0.3 is 4.74 Å². The molecule has 0 heterocycles. The Morgan fingerprint density at radius 2 is 1.81 bits per heavy atom. The quantitative estimate of drug-likeness (QED) is 0.623. The van der Waals surface area contributed by atoms with E-state index in [1.54, 1.807) is 0 Å². The lowest BCUT2D eigenvalue weighted by Crippen LogP contribution is -2.30. The predicted octanol–water partition coefficient (Wildman–Crippen LogP) is 1.90. The standard InChI is InChI=1S/C15H16O5S/c1-19-15(16)14(20-21(2,17)18)10-11-7-8-12-5-3-4-6-13(12)9-11/h3-9,14H,10H2,1-2H3. The maximum Gasteiger partial charge on any atom is 0.336 e. The summed E-state index contributed by atoms with van der Waals surface area (Å²) in [5.74, 6) is -0.714. The van der Waals surface area contributed by atoms with Crippen molar-refractivity contribution in [2.45, 2.75) is 12.5 Å². The number of esters is 1. The predicted molar refractivity (Wildman–Crippen MR) is 79.4 cm³/mol. The van der Waals surface area contributed by atoms with Gasteiger partial charge in [0, 0.05) is 6.42 Å². The molecule has 0 saturated carbocycles. The number of ether oxygens (including phenoxy) is 1. The molecule has 0 aromatic heterocycles. The van der Waals surface area contributed by atoms with Gasteiger partial charge in [-0.05, 0) is 16.3 Å². The van der Waals surface area contributed by atoms with Gasteiger partial charge in [0.05, 0.1) is 13.4 Å². The number of rotatable bonds is 5. The van der Waals surface area contributed by atoms with Gasteiger partial charge in [-0.1, -0.05) is 42.5 Å². The summed E-state index contributed by atoms with van der Waals surface area (Å²) in [5, 5.41) is 2.08. The second-order valence-corrected chi connectivity index (χ2v) is 6.30. The lowest BCUT2D eigenvalue weighted by atomic mass is 10.0. The van der Waals surface area contributed by atoms with Crippen molar-refractivity contribution in [3.63, 3.8) is 0 Å². The maximum atomic E-state index is 11.6. The highest BCUT2D eigenvalue weighted by molar-refractivity contribution is 7.86. The van der Waals surface area contributed by atoms with E-state index < -0.39 is 22.2 Å². The number of methoxy groups -OCH3 is 1. The number of benzene rings is 2. The Hall–Kier alpha value is -1.92. The molecule has 5 nitrogen and oxygen atoms in total. The molecule has 2 rings (SSSR count). The number of carbonyl (C=O) groups excluding carboxylic acids is 1. The summed E-state index contributed by atoms with van der Waals surface area (Å²) in [6.07, 6.45) is -0.139. The molecule has 0 fully saturated rings. The molecule has 0 amide bonds. The molecule has 0 spiro atoms. The van der Waals surface area contributed by atoms with Gasteiger partial charge in [0.25, 0.3) is 10.1 Å². The van der Waals surface area contributed by atoms with Gasteiger partial charge in [0.1, 0.15) is 0 Å². The minimum absolute atomic E-state index is 0.130. The number of hydrogen-bond acceptors (Lipinski definition) is 5. The van der Waals surface area contributed by atoms with Crippen molar-refractivity contribution in [1.29, 1.82) is 0 Å². The summed E-state index contributed by atoms with van der Waals surface area (Å²) >= 11 is 0. The van der Waals surface area contributed by atoms with E-state index in [2.05, 4.69) is 4.74 Å². The van der Waals surface area contributed by atoms with Gasteiger partial charge in [-0.25, -0.2) is 4.79 Å². The van der Waals surface area contributed by atoms with Crippen LogP contribution in [0.3, 0.4) is 0 Å². The molecule has 1 unspecified atom stereocenters. The Labute approximate surface area is 123 Å². The summed E-state index contributed by atoms with van der Waals surface area (Å²) in [6.45, 7) is 0. The van der Waals surface area contributed by atoms with Crippen LogP contribution in [0.4, 0.5) is 0 Å². The molecule has 2 aromatic carbocycles. The highest BCUT2D eigenvalue weighted by Crippen LogP contribution is 2.18. The van der Waals surface area contributed by atoms with Gasteiger partial charge in [0.15, 0.2) is 6.10 Å². The molecule has 112 valence electrons. The van der Waals surface area contributed by atoms with Crippen LogP contribution in [-0.4, -0.2) is 33.9 Å². The Morgan fingerprint density at radius 3 is 2.43 bits per heavy atom. The third-order valence-corrected chi connectivity index (χ3v) is 3.57. The molecule has 6 heteroatoms. The minimum atomic E-state index is -3.74. The second-order valence-electron chi connectivity index (χ2n) is 4.70. The average molecular weight is 308 g/mol. The van der Waals surface area contributed by atoms with Crippen LogP contribution < -0.4 is 0 Å². The summed E-state index contributed by atoms with van der Waals surface area (Å²) in [6, 6.07) is 13.4. The van der Waals surface area contributed by atoms with E-state index in [1.807, 2.05) is 42.5 Å². The third-order valence-electron chi connectivity index (χ3n) is 2.99. The van der Waals surface area contributed by atoms with Gasteiger partial charge >= 0.3 is 5.97 Å². The zero-order valence-electron chi connectivity index (χ0n) is 11.8. The monoisotopic (exact) mass is 308 g/mol. The first-order valence-corrected chi connectivity index (χ1v) is 8.14. The van der Waals surface area contributed by atoms with Crippen molar-refractivity contribution in [2.24, 2.45) is 0 Å². The van der Waals surface area contributed by atoms with Crippen LogP contribution in [0.15, 0.2) is 42.5 Å². The normalized spacial score (nSPS) is 13.0. The van der Waals surface area contributed by atoms with Gasteiger partial charge in [-0.2, -0.15) is 8.42 Å². The van der Waals surface area contributed by atoms with Crippen LogP contribution in [-0.2, 0) is 30.3 Å². The van der Waals surface area contributed by atoms with Crippen LogP contribution in [0.2, 0.25) is 0 Å². The molecule has 21 heavy (non-hydrogen) atoms. The van der Waals surface area contributed by atoms with Crippen molar-refractivity contribution in [3.8, 4) is 0 Å². The van der Waals surface area contributed by atoms with E-state index in [-0.39, 0.29) is 6.42 Å². The average Bonchev–Trinajstić information content (AvgIpc) is 2.44. The first-order valence-electron chi connectivity index (χ1n) is 6.33. The molecule has 0 aliphatic carbocycles. The van der Waals surface area contributed by atoms with Crippen LogP contribution in [0, 0.1) is 0 Å². The van der Waals surface area contributed by atoms with Crippen molar-refractivity contribution in [3.05, 3.63) is 48.0 Å². The zero-order valence-corrected chi connectivity index (χ0v) is 12.6. The minimum Gasteiger partial charge on any atom is -0.467 e. The maximum absolute atomic E-state index is 11.6. The first kappa shape index (κ1) is 15.5. The topological polar surface area (TPSA) is 69.7 Å². The van der Waals surface area contributed by atoms with Crippen LogP contribution in [0.25, 0.3) is 10.8 Å². The van der Waals surface area contributed by atoms with Crippen molar-refractivity contribution in [2.75, 3.05) is 13.4 Å². The smallest absolute Gasteiger partial charge is 0.336 e. The molecule has 1 atom stereocenters. The van der Waals surface area contributed by atoms with E-state index in [1.165, 1.54) is 7.11 Å². The van der Waals surface area contributed by atoms with E-state index in [0.29, 0.717) is 0 Å². The van der Waals surface area contributed by atoms with E-state index >= 15 is 0 Å². The molecule has 0 aliphatic rings. The Bertz CT molecular complexity index is 752. The van der Waals surface area contributed by atoms with Crippen LogP contribution >= 0.6 is 0 Å². The number of fused-ring (bicyclic) bond motifs is 1. The van der Waals surface area contributed by atoms with E-state index in [0.717, 1.165) is 22.6 Å². The van der Waals surface area contributed by atoms with Crippen molar-refractivity contribution >= 4 is 26.9 Å². The van der Waals surface area contributed by atoms with E-state index in [4.69, 9.17) is 4.18 Å². The number of carbonyl (C=O) groups is 1. The van der Waals surface area contributed by atoms with Crippen molar-refractivity contribution in [1.82, 2.24) is 0 Å². The molecule has 0 N–H and O–H groups in total. The largest absolute Gasteiger partial charge is 0.467 e. The fourth-order valence-electron chi connectivity index (χ4n) is 2.08. The lowest BCUT2D eigenvalue weighted by Gasteiger charge is -2.14. The van der Waals surface area contributed by atoms with E-state index in [9.17, 15) is 13.2 Å². The Balaban J connectivity index is 2.27. The fourth-order valence-corrected chi connectivity index (χ4v) is 2.65. The third kappa shape index (κ3) is 4.27. The molecular formula is C15H16O5S. The fraction of sp³-hybridized carbons (Fsp3) is 0.267. The van der Waals surface area contributed by atoms with Gasteiger partial charge in [0.2, 0.25) is 0 Å². The zero-order chi connectivity index (χ0) is 15.5. The van der Waals surface area contributed by atoms with Crippen molar-refractivity contribution < 1.29 is 22.1 Å². The summed E-state index contributed by atoms with van der Waals surface area (Å²) < 4.78 is 31.9. The molecule has 2 aromatic rings. The molecular weight excluding hydrogens is 292 g/mol. The molecule has 0 radical (unpaired) electrons. The molecule has 0 aliphatic heterocycles. The SMILES string of the molecule is COC(=O)C(Cc1ccc2ccccc2c1)OS(C)(=O)=O. The summed E-state index contributed by atoms with van der Waals surface area (Å²) in [5.41, 5.74) is 0.799. The van der Waals surface area contributed by atoms with Crippen LogP contribution in [0.1, 0.15) is 5.56 Å². The van der Waals surface area contributed by atoms with Gasteiger partial charge in [-0.15, -0.1) is 0 Å². The Morgan fingerprint density at radius 1 is 1.14 bits per heavy atom. The summed E-state index contributed by atoms with van der Waals surface area (Å²) in [4.78, 5) is 11.6. The highest BCUT2D eigenvalue weighted by Gasteiger charge is 2.25. The van der Waals surface area contributed by atoms with Gasteiger partial charge in [-0.3, -0.25) is 4.18 Å².